The van der Waals surface area contributed by atoms with Crippen LogP contribution in [0.25, 0.3) is 0 Å². The third kappa shape index (κ3) is 4.55. The normalized spacial score (nSPS) is 16.6. The third-order valence-electron chi connectivity index (χ3n) is 5.36. The van der Waals surface area contributed by atoms with Gasteiger partial charge in [0, 0.05) is 13.0 Å². The van der Waals surface area contributed by atoms with Gasteiger partial charge in [-0.15, -0.1) is 0 Å². The summed E-state index contributed by atoms with van der Waals surface area (Å²) in [5.41, 5.74) is 2.70. The molecule has 4 nitrogen and oxygen atoms in total. The van der Waals surface area contributed by atoms with Crippen molar-refractivity contribution in [3.63, 3.8) is 0 Å². The van der Waals surface area contributed by atoms with Gasteiger partial charge >= 0.3 is 0 Å². The molecule has 0 spiro atoms. The Morgan fingerprint density at radius 1 is 0.967 bits per heavy atom. The van der Waals surface area contributed by atoms with E-state index in [0.717, 1.165) is 24.1 Å². The number of rotatable bonds is 7. The highest BCUT2D eigenvalue weighted by Gasteiger charge is 2.30. The Kier molecular flexibility index (Phi) is 6.15. The first-order valence-electron chi connectivity index (χ1n) is 10.4. The molecule has 0 saturated carbocycles. The number of hydrogen-bond acceptors (Lipinski definition) is 4. The molecule has 1 heterocycles. The van der Waals surface area contributed by atoms with Crippen molar-refractivity contribution >= 4 is 5.78 Å². The molecule has 0 radical (unpaired) electrons. The first kappa shape index (κ1) is 20.2. The van der Waals surface area contributed by atoms with Crippen molar-refractivity contribution in [2.45, 2.75) is 25.0 Å². The second-order valence-electron chi connectivity index (χ2n) is 7.89. The van der Waals surface area contributed by atoms with E-state index < -0.39 is 0 Å². The van der Waals surface area contributed by atoms with E-state index in [2.05, 4.69) is 31.1 Å². The largest absolute Gasteiger partial charge is 0.482 e. The highest BCUT2D eigenvalue weighted by Crippen LogP contribution is 2.42. The molecule has 4 heteroatoms. The quantitative estimate of drug-likeness (QED) is 0.527. The second kappa shape index (κ2) is 9.14. The van der Waals surface area contributed by atoms with Crippen LogP contribution in [0.1, 0.15) is 46.5 Å². The fraction of sp³-hybridized carbons (Fsp3) is 0.269. The Labute approximate surface area is 178 Å². The first-order valence-corrected chi connectivity index (χ1v) is 10.4. The van der Waals surface area contributed by atoms with Gasteiger partial charge in [0.05, 0.1) is 12.0 Å². The van der Waals surface area contributed by atoms with E-state index in [4.69, 9.17) is 9.47 Å². The van der Waals surface area contributed by atoms with Crippen molar-refractivity contribution in [3.05, 3.63) is 95.6 Å². The second-order valence-corrected chi connectivity index (χ2v) is 7.89. The molecule has 2 atom stereocenters. The topological polar surface area (TPSA) is 38.8 Å². The van der Waals surface area contributed by atoms with Gasteiger partial charge in [-0.2, -0.15) is 0 Å². The summed E-state index contributed by atoms with van der Waals surface area (Å²) in [7, 11) is 4.11. The van der Waals surface area contributed by atoms with Gasteiger partial charge in [0.1, 0.15) is 12.2 Å². The summed E-state index contributed by atoms with van der Waals surface area (Å²) in [4.78, 5) is 15.0. The Balaban J connectivity index is 1.64. The number of Topliss-reactive ketones (excluding diaryl/α,β-unsaturated/α-hetero) is 1. The van der Waals surface area contributed by atoms with Crippen LogP contribution in [0.2, 0.25) is 0 Å². The van der Waals surface area contributed by atoms with Crippen molar-refractivity contribution in [1.82, 2.24) is 4.90 Å². The molecule has 0 aromatic heterocycles. The highest BCUT2D eigenvalue weighted by molar-refractivity contribution is 6.00. The molecule has 1 aliphatic rings. The van der Waals surface area contributed by atoms with Crippen LogP contribution in [0.15, 0.2) is 78.9 Å². The van der Waals surface area contributed by atoms with Crippen LogP contribution in [0.4, 0.5) is 0 Å². The molecule has 4 rings (SSSR count). The molecule has 0 N–H and O–H groups in total. The van der Waals surface area contributed by atoms with E-state index in [1.807, 2.05) is 66.7 Å². The Bertz CT molecular complexity index is 986. The van der Waals surface area contributed by atoms with Crippen LogP contribution >= 0.6 is 0 Å². The van der Waals surface area contributed by atoms with Gasteiger partial charge in [-0.25, -0.2) is 0 Å². The number of carbonyl (C=O) groups is 1. The van der Waals surface area contributed by atoms with Crippen molar-refractivity contribution in [1.29, 1.82) is 0 Å². The summed E-state index contributed by atoms with van der Waals surface area (Å²) >= 11 is 0. The molecular weight excluding hydrogens is 374 g/mol. The van der Waals surface area contributed by atoms with Crippen molar-refractivity contribution in [3.8, 4) is 11.5 Å². The van der Waals surface area contributed by atoms with E-state index in [-0.39, 0.29) is 18.0 Å². The average Bonchev–Trinajstić information content (AvgIpc) is 2.78. The number of ketones is 1. The molecule has 1 aliphatic heterocycles. The summed E-state index contributed by atoms with van der Waals surface area (Å²) in [5, 5.41) is 0. The van der Waals surface area contributed by atoms with Crippen LogP contribution in [0, 0.1) is 0 Å². The number of ether oxygens (including phenoxy) is 2. The minimum atomic E-state index is -0.298. The van der Waals surface area contributed by atoms with Crippen LogP contribution < -0.4 is 9.47 Å². The minimum Gasteiger partial charge on any atom is -0.482 e. The molecule has 0 bridgehead atoms. The van der Waals surface area contributed by atoms with E-state index in [1.54, 1.807) is 0 Å². The number of fused-ring (bicyclic) bond motifs is 1. The highest BCUT2D eigenvalue weighted by atomic mass is 16.5. The molecule has 1 unspecified atom stereocenters. The van der Waals surface area contributed by atoms with Crippen LogP contribution in [-0.4, -0.2) is 31.3 Å². The molecule has 3 aromatic rings. The summed E-state index contributed by atoms with van der Waals surface area (Å²) in [6.07, 6.45) is 0.740. The molecule has 0 aliphatic carbocycles. The molecule has 0 saturated heterocycles. The van der Waals surface area contributed by atoms with Gasteiger partial charge < -0.3 is 14.4 Å². The Morgan fingerprint density at radius 2 is 1.67 bits per heavy atom. The zero-order chi connectivity index (χ0) is 20.9. The lowest BCUT2D eigenvalue weighted by atomic mass is 9.96. The summed E-state index contributed by atoms with van der Waals surface area (Å²) in [6, 6.07) is 25.7. The maximum Gasteiger partial charge on any atom is 0.172 e. The van der Waals surface area contributed by atoms with Gasteiger partial charge in [0.25, 0.3) is 0 Å². The van der Waals surface area contributed by atoms with Gasteiger partial charge in [-0.3, -0.25) is 4.79 Å². The molecule has 0 amide bonds. The lowest BCUT2D eigenvalue weighted by Gasteiger charge is -2.29. The van der Waals surface area contributed by atoms with Gasteiger partial charge in [-0.05, 0) is 37.4 Å². The summed E-state index contributed by atoms with van der Waals surface area (Å²) in [6.45, 7) is 0.890. The maximum atomic E-state index is 12.9. The Morgan fingerprint density at radius 3 is 2.37 bits per heavy atom. The predicted molar refractivity (Wildman–Crippen MR) is 118 cm³/mol. The number of nitrogens with zero attached hydrogens (tertiary/aromatic N) is 1. The molecule has 30 heavy (non-hydrogen) atoms. The first-order chi connectivity index (χ1) is 14.6. The average molecular weight is 402 g/mol. The summed E-state index contributed by atoms with van der Waals surface area (Å²) in [5.74, 6) is 1.25. The predicted octanol–water partition coefficient (Wildman–Crippen LogP) is 5.46. The molecular formula is C26H27NO3. The molecule has 3 aromatic carbocycles. The smallest absolute Gasteiger partial charge is 0.172 e. The monoisotopic (exact) mass is 401 g/mol. The molecule has 0 fully saturated rings. The number of carbonyl (C=O) groups excluding carboxylic acids is 1. The van der Waals surface area contributed by atoms with Gasteiger partial charge in [0.15, 0.2) is 17.3 Å². The zero-order valence-corrected chi connectivity index (χ0v) is 17.5. The number of hydrogen-bond donors (Lipinski definition) is 0. The minimum absolute atomic E-state index is 0.0834. The lowest BCUT2D eigenvalue weighted by Crippen LogP contribution is -2.22. The fourth-order valence-corrected chi connectivity index (χ4v) is 3.76. The van der Waals surface area contributed by atoms with Gasteiger partial charge in [-0.1, -0.05) is 66.7 Å². The molecule has 154 valence electrons. The van der Waals surface area contributed by atoms with Crippen LogP contribution in [0.3, 0.4) is 0 Å². The standard InChI is InChI=1S/C26H27NO3/c1-27(2)17-16-23(19-10-5-3-6-11-19)29-24-15-9-14-21-22(28)18-25(30-26(21)24)20-12-7-4-8-13-20/h3-15,23,25H,16-18H2,1-2H3/t23?,25-/m1/s1. The van der Waals surface area contributed by atoms with E-state index in [9.17, 15) is 4.79 Å². The van der Waals surface area contributed by atoms with Crippen molar-refractivity contribution in [2.75, 3.05) is 20.6 Å². The zero-order valence-electron chi connectivity index (χ0n) is 17.5. The number of para-hydroxylation sites is 1. The van der Waals surface area contributed by atoms with Crippen molar-refractivity contribution < 1.29 is 14.3 Å². The third-order valence-corrected chi connectivity index (χ3v) is 5.36. The van der Waals surface area contributed by atoms with E-state index in [1.165, 1.54) is 0 Å². The van der Waals surface area contributed by atoms with Gasteiger partial charge in [0.2, 0.25) is 0 Å². The van der Waals surface area contributed by atoms with E-state index >= 15 is 0 Å². The summed E-state index contributed by atoms with van der Waals surface area (Å²) < 4.78 is 12.8. The Hall–Kier alpha value is -3.11. The number of benzene rings is 3. The SMILES string of the molecule is CN(C)CCC(Oc1cccc2c1O[C@@H](c1ccccc1)CC2=O)c1ccccc1. The van der Waals surface area contributed by atoms with Crippen LogP contribution in [-0.2, 0) is 0 Å². The van der Waals surface area contributed by atoms with E-state index in [0.29, 0.717) is 23.5 Å². The lowest BCUT2D eigenvalue weighted by molar-refractivity contribution is 0.0828. The maximum absolute atomic E-state index is 12.9. The fourth-order valence-electron chi connectivity index (χ4n) is 3.76. The van der Waals surface area contributed by atoms with Crippen LogP contribution in [0.5, 0.6) is 11.5 Å². The van der Waals surface area contributed by atoms with Crippen molar-refractivity contribution in [2.24, 2.45) is 0 Å².